The summed E-state index contributed by atoms with van der Waals surface area (Å²) >= 11 is 1.53. The minimum Gasteiger partial charge on any atom is -0.398 e. The molecular formula is C11H13NO2S2. The average molecular weight is 255 g/mol. The third-order valence-electron chi connectivity index (χ3n) is 2.52. The van der Waals surface area contributed by atoms with E-state index < -0.39 is 9.84 Å². The van der Waals surface area contributed by atoms with Crippen LogP contribution in [0.1, 0.15) is 12.5 Å². The predicted octanol–water partition coefficient (Wildman–Crippen LogP) is 2.42. The van der Waals surface area contributed by atoms with Crippen molar-refractivity contribution >= 4 is 36.9 Å². The third-order valence-corrected chi connectivity index (χ3v) is 5.15. The minimum absolute atomic E-state index is 0.0811. The molecule has 1 aromatic carbocycles. The van der Waals surface area contributed by atoms with E-state index in [-0.39, 0.29) is 11.5 Å². The first kappa shape index (κ1) is 11.4. The molecule has 0 unspecified atom stereocenters. The van der Waals surface area contributed by atoms with E-state index in [2.05, 4.69) is 0 Å². The molecule has 0 aliphatic heterocycles. The van der Waals surface area contributed by atoms with Gasteiger partial charge in [0.15, 0.2) is 9.84 Å². The maximum atomic E-state index is 11.6. The van der Waals surface area contributed by atoms with Crippen molar-refractivity contribution in [2.45, 2.75) is 12.7 Å². The van der Waals surface area contributed by atoms with E-state index in [1.54, 1.807) is 13.0 Å². The summed E-state index contributed by atoms with van der Waals surface area (Å²) in [4.78, 5) is 0. The molecule has 3 nitrogen and oxygen atoms in total. The van der Waals surface area contributed by atoms with Gasteiger partial charge in [-0.1, -0.05) is 13.0 Å². The third kappa shape index (κ3) is 2.05. The highest BCUT2D eigenvalue weighted by molar-refractivity contribution is 7.90. The van der Waals surface area contributed by atoms with Crippen molar-refractivity contribution < 1.29 is 8.42 Å². The summed E-state index contributed by atoms with van der Waals surface area (Å²) in [6, 6.07) is 5.64. The minimum atomic E-state index is -3.00. The Bertz CT molecular complexity index is 614. The molecule has 0 fully saturated rings. The van der Waals surface area contributed by atoms with Crippen molar-refractivity contribution in [3.8, 4) is 0 Å². The van der Waals surface area contributed by atoms with Gasteiger partial charge in [0.25, 0.3) is 0 Å². The molecule has 2 aromatic rings. The Labute approximate surface area is 98.8 Å². The van der Waals surface area contributed by atoms with E-state index in [1.807, 2.05) is 17.5 Å². The number of sulfone groups is 1. The first-order valence-corrected chi connectivity index (χ1v) is 7.68. The molecule has 0 spiro atoms. The SMILES string of the molecule is CCS(=O)(=O)Cc1csc2cccc(N)c12. The number of thiophene rings is 1. The molecule has 0 saturated heterocycles. The summed E-state index contributed by atoms with van der Waals surface area (Å²) < 4.78 is 24.2. The second-order valence-electron chi connectivity index (χ2n) is 3.66. The van der Waals surface area contributed by atoms with E-state index >= 15 is 0 Å². The van der Waals surface area contributed by atoms with Crippen molar-refractivity contribution in [3.63, 3.8) is 0 Å². The summed E-state index contributed by atoms with van der Waals surface area (Å²) in [7, 11) is -3.00. The number of hydrogen-bond acceptors (Lipinski definition) is 4. The molecule has 0 saturated carbocycles. The highest BCUT2D eigenvalue weighted by atomic mass is 32.2. The van der Waals surface area contributed by atoms with E-state index in [9.17, 15) is 8.42 Å². The van der Waals surface area contributed by atoms with Crippen LogP contribution in [-0.2, 0) is 15.6 Å². The van der Waals surface area contributed by atoms with E-state index in [0.29, 0.717) is 5.69 Å². The first-order valence-electron chi connectivity index (χ1n) is 4.98. The molecule has 0 bridgehead atoms. The Morgan fingerprint density at radius 2 is 2.12 bits per heavy atom. The predicted molar refractivity (Wildman–Crippen MR) is 69.4 cm³/mol. The molecule has 2 rings (SSSR count). The lowest BCUT2D eigenvalue weighted by Gasteiger charge is -2.02. The number of rotatable bonds is 3. The summed E-state index contributed by atoms with van der Waals surface area (Å²) in [5, 5.41) is 2.78. The molecule has 0 aliphatic rings. The standard InChI is InChI=1S/C11H13NO2S2/c1-2-16(13,14)7-8-6-15-10-5-3-4-9(12)11(8)10/h3-6H,2,7,12H2,1H3. The number of fused-ring (bicyclic) bond motifs is 1. The molecule has 0 atom stereocenters. The molecule has 1 heterocycles. The topological polar surface area (TPSA) is 60.2 Å². The second-order valence-corrected chi connectivity index (χ2v) is 6.92. The molecular weight excluding hydrogens is 242 g/mol. The van der Waals surface area contributed by atoms with Gasteiger partial charge >= 0.3 is 0 Å². The number of nitrogens with two attached hydrogens (primary N) is 1. The Morgan fingerprint density at radius 1 is 1.38 bits per heavy atom. The van der Waals surface area contributed by atoms with Gasteiger partial charge in [-0.15, -0.1) is 11.3 Å². The van der Waals surface area contributed by atoms with Crippen molar-refractivity contribution in [2.75, 3.05) is 11.5 Å². The lowest BCUT2D eigenvalue weighted by Crippen LogP contribution is -2.06. The molecule has 0 amide bonds. The van der Waals surface area contributed by atoms with Crippen molar-refractivity contribution in [1.29, 1.82) is 0 Å². The van der Waals surface area contributed by atoms with Crippen LogP contribution in [0.4, 0.5) is 5.69 Å². The number of anilines is 1. The van der Waals surface area contributed by atoms with E-state index in [4.69, 9.17) is 5.73 Å². The number of hydrogen-bond donors (Lipinski definition) is 1. The smallest absolute Gasteiger partial charge is 0.154 e. The molecule has 5 heteroatoms. The first-order chi connectivity index (χ1) is 7.53. The van der Waals surface area contributed by atoms with Gasteiger partial charge in [0.05, 0.1) is 5.75 Å². The zero-order valence-electron chi connectivity index (χ0n) is 8.93. The van der Waals surface area contributed by atoms with Crippen LogP contribution >= 0.6 is 11.3 Å². The van der Waals surface area contributed by atoms with Crippen LogP contribution in [0.25, 0.3) is 10.1 Å². The fraction of sp³-hybridized carbons (Fsp3) is 0.273. The molecule has 86 valence electrons. The fourth-order valence-electron chi connectivity index (χ4n) is 1.63. The normalized spacial score (nSPS) is 12.1. The van der Waals surface area contributed by atoms with Crippen LogP contribution < -0.4 is 5.73 Å². The van der Waals surface area contributed by atoms with E-state index in [0.717, 1.165) is 15.6 Å². The van der Waals surface area contributed by atoms with Gasteiger partial charge in [-0.25, -0.2) is 8.42 Å². The van der Waals surface area contributed by atoms with E-state index in [1.165, 1.54) is 11.3 Å². The van der Waals surface area contributed by atoms with Gasteiger partial charge in [-0.3, -0.25) is 0 Å². The summed E-state index contributed by atoms with van der Waals surface area (Å²) in [6.07, 6.45) is 0. The molecule has 16 heavy (non-hydrogen) atoms. The lowest BCUT2D eigenvalue weighted by atomic mass is 10.1. The monoisotopic (exact) mass is 255 g/mol. The second kappa shape index (κ2) is 4.07. The Hall–Kier alpha value is -1.07. The number of nitrogen functional groups attached to an aromatic ring is 1. The lowest BCUT2D eigenvalue weighted by molar-refractivity contribution is 0.596. The van der Waals surface area contributed by atoms with Gasteiger partial charge < -0.3 is 5.73 Å². The van der Waals surface area contributed by atoms with Crippen LogP contribution in [0.3, 0.4) is 0 Å². The quantitative estimate of drug-likeness (QED) is 0.857. The summed E-state index contributed by atoms with van der Waals surface area (Å²) in [5.41, 5.74) is 7.35. The Balaban J connectivity index is 2.54. The zero-order valence-corrected chi connectivity index (χ0v) is 10.6. The fourth-order valence-corrected chi connectivity index (χ4v) is 3.63. The van der Waals surface area contributed by atoms with Gasteiger partial charge in [0.2, 0.25) is 0 Å². The molecule has 2 N–H and O–H groups in total. The van der Waals surface area contributed by atoms with Crippen LogP contribution in [0.15, 0.2) is 23.6 Å². The number of benzene rings is 1. The maximum Gasteiger partial charge on any atom is 0.154 e. The van der Waals surface area contributed by atoms with Gasteiger partial charge in [0, 0.05) is 21.5 Å². The summed E-state index contributed by atoms with van der Waals surface area (Å²) in [5.74, 6) is 0.245. The highest BCUT2D eigenvalue weighted by Gasteiger charge is 2.14. The molecule has 0 radical (unpaired) electrons. The Morgan fingerprint density at radius 3 is 2.81 bits per heavy atom. The van der Waals surface area contributed by atoms with Crippen molar-refractivity contribution in [2.24, 2.45) is 0 Å². The van der Waals surface area contributed by atoms with Gasteiger partial charge in [-0.2, -0.15) is 0 Å². The van der Waals surface area contributed by atoms with Crippen molar-refractivity contribution in [1.82, 2.24) is 0 Å². The summed E-state index contributed by atoms with van der Waals surface area (Å²) in [6.45, 7) is 1.66. The molecule has 0 aliphatic carbocycles. The van der Waals surface area contributed by atoms with Crippen LogP contribution in [0.5, 0.6) is 0 Å². The average Bonchev–Trinajstić information content (AvgIpc) is 2.62. The highest BCUT2D eigenvalue weighted by Crippen LogP contribution is 2.31. The Kier molecular flexibility index (Phi) is 2.90. The molecule has 1 aromatic heterocycles. The van der Waals surface area contributed by atoms with Gasteiger partial charge in [0.1, 0.15) is 0 Å². The largest absolute Gasteiger partial charge is 0.398 e. The zero-order chi connectivity index (χ0) is 11.8. The van der Waals surface area contributed by atoms with Gasteiger partial charge in [-0.05, 0) is 23.1 Å². The maximum absolute atomic E-state index is 11.6. The van der Waals surface area contributed by atoms with Crippen molar-refractivity contribution in [3.05, 3.63) is 29.1 Å². The van der Waals surface area contributed by atoms with Crippen LogP contribution in [0.2, 0.25) is 0 Å². The van der Waals surface area contributed by atoms with Crippen LogP contribution in [-0.4, -0.2) is 14.2 Å². The van der Waals surface area contributed by atoms with Crippen LogP contribution in [0, 0.1) is 0 Å².